The summed E-state index contributed by atoms with van der Waals surface area (Å²) in [5, 5.41) is 0. The Morgan fingerprint density at radius 2 is 2.13 bits per heavy atom. The fraction of sp³-hybridized carbons (Fsp3) is 0.769. The summed E-state index contributed by atoms with van der Waals surface area (Å²) < 4.78 is 6.21. The highest BCUT2D eigenvalue weighted by Crippen LogP contribution is 2.63. The summed E-state index contributed by atoms with van der Waals surface area (Å²) in [6, 6.07) is 0. The van der Waals surface area contributed by atoms with Gasteiger partial charge in [0.1, 0.15) is 5.78 Å². The Kier molecular flexibility index (Phi) is 1.35. The highest BCUT2D eigenvalue weighted by Gasteiger charge is 2.68. The molecule has 4 bridgehead atoms. The van der Waals surface area contributed by atoms with Crippen LogP contribution in [-0.4, -0.2) is 17.5 Å². The molecule has 0 N–H and O–H groups in total. The fourth-order valence-corrected chi connectivity index (χ4v) is 4.46. The zero-order valence-electron chi connectivity index (χ0n) is 8.87. The summed E-state index contributed by atoms with van der Waals surface area (Å²) in [6.45, 7) is 0. The van der Waals surface area contributed by atoms with E-state index in [1.807, 2.05) is 0 Å². The predicted molar refractivity (Wildman–Crippen MR) is 55.4 cm³/mol. The summed E-state index contributed by atoms with van der Waals surface area (Å²) in [7, 11) is 0. The van der Waals surface area contributed by atoms with Crippen molar-refractivity contribution >= 4 is 5.78 Å². The molecule has 4 rings (SSSR count). The van der Waals surface area contributed by atoms with Crippen molar-refractivity contribution < 1.29 is 9.53 Å². The van der Waals surface area contributed by atoms with Gasteiger partial charge in [0.05, 0.1) is 17.1 Å². The molecule has 0 aromatic rings. The van der Waals surface area contributed by atoms with Crippen molar-refractivity contribution in [2.75, 3.05) is 0 Å². The third-order valence-electron chi connectivity index (χ3n) is 5.20. The summed E-state index contributed by atoms with van der Waals surface area (Å²) >= 11 is 0. The van der Waals surface area contributed by atoms with Gasteiger partial charge >= 0.3 is 0 Å². The van der Waals surface area contributed by atoms with Gasteiger partial charge in [0.2, 0.25) is 0 Å². The average Bonchev–Trinajstić information content (AvgIpc) is 2.70. The molecule has 15 heavy (non-hydrogen) atoms. The van der Waals surface area contributed by atoms with Gasteiger partial charge < -0.3 is 4.74 Å². The van der Waals surface area contributed by atoms with Crippen LogP contribution < -0.4 is 0 Å². The lowest BCUT2D eigenvalue weighted by Gasteiger charge is -2.50. The summed E-state index contributed by atoms with van der Waals surface area (Å²) in [6.07, 6.45) is 11.2. The number of hydrogen-bond donors (Lipinski definition) is 0. The quantitative estimate of drug-likeness (QED) is 0.566. The maximum absolute atomic E-state index is 12.5. The van der Waals surface area contributed by atoms with Crippen molar-refractivity contribution in [1.82, 2.24) is 0 Å². The molecule has 0 aromatic carbocycles. The molecule has 2 aliphatic heterocycles. The number of hydrogen-bond acceptors (Lipinski definition) is 2. The Morgan fingerprint density at radius 1 is 1.27 bits per heavy atom. The van der Waals surface area contributed by atoms with E-state index in [2.05, 4.69) is 12.2 Å². The van der Waals surface area contributed by atoms with E-state index in [0.29, 0.717) is 5.78 Å². The Labute approximate surface area is 89.7 Å². The van der Waals surface area contributed by atoms with Gasteiger partial charge in [0.25, 0.3) is 0 Å². The fourth-order valence-electron chi connectivity index (χ4n) is 4.46. The minimum atomic E-state index is -0.181. The maximum Gasteiger partial charge on any atom is 0.148 e. The number of ketones is 1. The molecule has 0 radical (unpaired) electrons. The van der Waals surface area contributed by atoms with Crippen molar-refractivity contribution in [1.29, 1.82) is 0 Å². The lowest BCUT2D eigenvalue weighted by atomic mass is 9.61. The van der Waals surface area contributed by atoms with Crippen molar-refractivity contribution in [3.05, 3.63) is 12.2 Å². The molecule has 1 saturated heterocycles. The van der Waals surface area contributed by atoms with Crippen LogP contribution >= 0.6 is 0 Å². The highest BCUT2D eigenvalue weighted by atomic mass is 16.5. The topological polar surface area (TPSA) is 26.3 Å². The van der Waals surface area contributed by atoms with Crippen LogP contribution in [0.1, 0.15) is 38.5 Å². The van der Waals surface area contributed by atoms with Gasteiger partial charge in [-0.3, -0.25) is 4.79 Å². The first-order chi connectivity index (χ1) is 7.28. The lowest BCUT2D eigenvalue weighted by molar-refractivity contribution is -0.180. The Bertz CT molecular complexity index is 369. The van der Waals surface area contributed by atoms with Gasteiger partial charge in [0.15, 0.2) is 0 Å². The van der Waals surface area contributed by atoms with Crippen LogP contribution in [0.4, 0.5) is 0 Å². The molecule has 2 heterocycles. The van der Waals surface area contributed by atoms with E-state index in [1.165, 1.54) is 12.8 Å². The number of Topliss-reactive ketones (excluding diaryl/α,β-unsaturated/α-hetero) is 1. The third kappa shape index (κ3) is 0.739. The van der Waals surface area contributed by atoms with E-state index in [0.717, 1.165) is 25.7 Å². The van der Waals surface area contributed by atoms with Crippen molar-refractivity contribution in [2.45, 2.75) is 50.2 Å². The van der Waals surface area contributed by atoms with E-state index in [4.69, 9.17) is 4.74 Å². The van der Waals surface area contributed by atoms with Gasteiger partial charge in [-0.1, -0.05) is 25.0 Å². The largest absolute Gasteiger partial charge is 0.362 e. The van der Waals surface area contributed by atoms with Gasteiger partial charge in [-0.15, -0.1) is 0 Å². The normalized spacial score (nSPS) is 55.9. The van der Waals surface area contributed by atoms with E-state index in [-0.39, 0.29) is 23.0 Å². The molecule has 0 aromatic heterocycles. The number of carbonyl (C=O) groups is 1. The molecule has 2 heteroatoms. The highest BCUT2D eigenvalue weighted by molar-refractivity contribution is 5.93. The zero-order valence-corrected chi connectivity index (χ0v) is 8.87. The number of carbonyl (C=O) groups excluding carboxylic acids is 1. The zero-order chi connectivity index (χ0) is 10.1. The van der Waals surface area contributed by atoms with E-state index in [9.17, 15) is 4.79 Å². The lowest BCUT2D eigenvalue weighted by Crippen LogP contribution is -2.57. The Hall–Kier alpha value is -0.630. The summed E-state index contributed by atoms with van der Waals surface area (Å²) in [5.41, 5.74) is -0.292. The van der Waals surface area contributed by atoms with Crippen LogP contribution in [0.25, 0.3) is 0 Å². The smallest absolute Gasteiger partial charge is 0.148 e. The number of rotatable bonds is 0. The minimum Gasteiger partial charge on any atom is -0.362 e. The molecule has 2 saturated carbocycles. The van der Waals surface area contributed by atoms with Gasteiger partial charge in [-0.2, -0.15) is 0 Å². The molecule has 3 fully saturated rings. The molecule has 0 unspecified atom stereocenters. The standard InChI is InChI=1S/C13H16O2/c14-11-9-3-7-12(11)5-1-2-6-13(12)8-4-10(9)15-13/h4,8-10H,1-3,5-7H2/t9-,10-,12-,13+/m1/s1. The number of ether oxygens (including phenoxy) is 1. The van der Waals surface area contributed by atoms with Crippen LogP contribution in [0.15, 0.2) is 12.2 Å². The maximum atomic E-state index is 12.5. The molecule has 2 spiro atoms. The van der Waals surface area contributed by atoms with E-state index >= 15 is 0 Å². The summed E-state index contributed by atoms with van der Waals surface area (Å²) in [5.74, 6) is 0.721. The molecule has 80 valence electrons. The van der Waals surface area contributed by atoms with Crippen LogP contribution in [0.2, 0.25) is 0 Å². The van der Waals surface area contributed by atoms with Crippen LogP contribution in [0, 0.1) is 11.3 Å². The van der Waals surface area contributed by atoms with Crippen molar-refractivity contribution in [2.24, 2.45) is 11.3 Å². The van der Waals surface area contributed by atoms with Crippen LogP contribution in [0.5, 0.6) is 0 Å². The summed E-state index contributed by atoms with van der Waals surface area (Å²) in [4.78, 5) is 12.5. The second kappa shape index (κ2) is 2.37. The predicted octanol–water partition coefficient (Wildman–Crippen LogP) is 2.23. The van der Waals surface area contributed by atoms with Crippen molar-refractivity contribution in [3.63, 3.8) is 0 Å². The molecule has 4 atom stereocenters. The molecule has 2 aliphatic carbocycles. The first-order valence-electron chi connectivity index (χ1n) is 6.19. The number of fused-ring (bicyclic) bond motifs is 3. The van der Waals surface area contributed by atoms with Gasteiger partial charge in [0, 0.05) is 5.92 Å². The molecular formula is C13H16O2. The first-order valence-corrected chi connectivity index (χ1v) is 6.19. The molecule has 0 amide bonds. The minimum absolute atomic E-state index is 0.112. The van der Waals surface area contributed by atoms with Gasteiger partial charge in [-0.05, 0) is 25.7 Å². The van der Waals surface area contributed by atoms with Crippen molar-refractivity contribution in [3.8, 4) is 0 Å². The molecule has 2 nitrogen and oxygen atoms in total. The Morgan fingerprint density at radius 3 is 3.07 bits per heavy atom. The van der Waals surface area contributed by atoms with E-state index < -0.39 is 0 Å². The molecular weight excluding hydrogens is 188 g/mol. The van der Waals surface area contributed by atoms with E-state index in [1.54, 1.807) is 0 Å². The molecule has 4 aliphatic rings. The first kappa shape index (κ1) is 8.51. The third-order valence-corrected chi connectivity index (χ3v) is 5.20. The SMILES string of the molecule is O=C1[C@@H]2CC[C@]13CCCC[C@]31C=C[C@H]2O1. The monoisotopic (exact) mass is 204 g/mol. The second-order valence-corrected chi connectivity index (χ2v) is 5.63. The average molecular weight is 204 g/mol. The Balaban J connectivity index is 1.93. The van der Waals surface area contributed by atoms with Crippen LogP contribution in [0.3, 0.4) is 0 Å². The second-order valence-electron chi connectivity index (χ2n) is 5.63. The van der Waals surface area contributed by atoms with Crippen LogP contribution in [-0.2, 0) is 9.53 Å². The van der Waals surface area contributed by atoms with Gasteiger partial charge in [-0.25, -0.2) is 0 Å².